The molecule has 0 amide bonds. The maximum absolute atomic E-state index is 7.49. The van der Waals surface area contributed by atoms with E-state index in [0.717, 1.165) is 18.4 Å². The van der Waals surface area contributed by atoms with Crippen molar-refractivity contribution < 1.29 is 0 Å². The molecule has 62 valence electrons. The predicted octanol–water partition coefficient (Wildman–Crippen LogP) is 3.33. The molecule has 1 N–H and O–H groups in total. The molecule has 0 bridgehead atoms. The second kappa shape index (κ2) is 4.89. The summed E-state index contributed by atoms with van der Waals surface area (Å²) in [6.07, 6.45) is 3.90. The van der Waals surface area contributed by atoms with Crippen LogP contribution in [0.1, 0.15) is 33.6 Å². The summed E-state index contributed by atoms with van der Waals surface area (Å²) in [5.74, 6) is 0. The zero-order chi connectivity index (χ0) is 8.85. The van der Waals surface area contributed by atoms with Gasteiger partial charge in [-0.05, 0) is 39.2 Å². The zero-order valence-corrected chi connectivity index (χ0v) is 7.70. The Kier molecular flexibility index (Phi) is 4.51. The van der Waals surface area contributed by atoms with Crippen molar-refractivity contribution in [3.8, 4) is 0 Å². The van der Waals surface area contributed by atoms with Crippen molar-refractivity contribution in [3.05, 3.63) is 23.8 Å². The number of rotatable bonds is 4. The van der Waals surface area contributed by atoms with Gasteiger partial charge in [0.05, 0.1) is 0 Å². The number of nitrogens with one attached hydrogen (secondary N) is 1. The number of hydrogen-bond donors (Lipinski definition) is 1. The van der Waals surface area contributed by atoms with Crippen molar-refractivity contribution in [2.75, 3.05) is 0 Å². The zero-order valence-electron chi connectivity index (χ0n) is 7.70. The lowest BCUT2D eigenvalue weighted by atomic mass is 10.1. The van der Waals surface area contributed by atoms with Crippen LogP contribution in [0.2, 0.25) is 0 Å². The third-order valence-corrected chi connectivity index (χ3v) is 1.78. The third-order valence-electron chi connectivity index (χ3n) is 1.78. The maximum atomic E-state index is 7.49. The van der Waals surface area contributed by atoms with Crippen LogP contribution in [0, 0.1) is 5.41 Å². The van der Waals surface area contributed by atoms with Gasteiger partial charge in [0.15, 0.2) is 0 Å². The highest BCUT2D eigenvalue weighted by atomic mass is 14.4. The molecule has 0 unspecified atom stereocenters. The molecule has 0 spiro atoms. The van der Waals surface area contributed by atoms with E-state index in [1.807, 2.05) is 13.8 Å². The van der Waals surface area contributed by atoms with E-state index in [9.17, 15) is 0 Å². The smallest absolute Gasteiger partial charge is 0.0340 e. The largest absolute Gasteiger partial charge is 0.305 e. The first kappa shape index (κ1) is 10.2. The molecule has 1 nitrogen and oxygen atoms in total. The first-order valence-corrected chi connectivity index (χ1v) is 3.93. The van der Waals surface area contributed by atoms with Crippen LogP contribution in [0.4, 0.5) is 0 Å². The fraction of sp³-hybridized carbons (Fsp3) is 0.500. The fourth-order valence-electron chi connectivity index (χ4n) is 0.680. The van der Waals surface area contributed by atoms with Crippen LogP contribution in [-0.4, -0.2) is 5.71 Å². The minimum absolute atomic E-state index is 0.672. The van der Waals surface area contributed by atoms with Crippen molar-refractivity contribution >= 4 is 5.71 Å². The summed E-state index contributed by atoms with van der Waals surface area (Å²) in [7, 11) is 0. The Morgan fingerprint density at radius 1 is 1.36 bits per heavy atom. The molecule has 0 aromatic heterocycles. The lowest BCUT2D eigenvalue weighted by molar-refractivity contribution is 0.997. The van der Waals surface area contributed by atoms with E-state index in [-0.39, 0.29) is 0 Å². The van der Waals surface area contributed by atoms with Gasteiger partial charge in [-0.1, -0.05) is 18.2 Å². The average Bonchev–Trinajstić information content (AvgIpc) is 1.99. The van der Waals surface area contributed by atoms with Crippen molar-refractivity contribution in [3.63, 3.8) is 0 Å². The molecule has 0 heterocycles. The molecule has 0 aliphatic rings. The highest BCUT2D eigenvalue weighted by Crippen LogP contribution is 2.06. The summed E-state index contributed by atoms with van der Waals surface area (Å²) in [5.41, 5.74) is 2.90. The Hall–Kier alpha value is -0.850. The van der Waals surface area contributed by atoms with Gasteiger partial charge in [-0.25, -0.2) is 0 Å². The van der Waals surface area contributed by atoms with Crippen molar-refractivity contribution in [1.29, 1.82) is 5.41 Å². The van der Waals surface area contributed by atoms with E-state index in [2.05, 4.69) is 19.6 Å². The summed E-state index contributed by atoms with van der Waals surface area (Å²) in [6.45, 7) is 9.71. The Balaban J connectivity index is 3.72. The summed E-state index contributed by atoms with van der Waals surface area (Å²) in [5, 5.41) is 7.49. The second-order valence-corrected chi connectivity index (χ2v) is 2.89. The predicted molar refractivity (Wildman–Crippen MR) is 51.2 cm³/mol. The molecular weight excluding hydrogens is 134 g/mol. The normalized spacial score (nSPS) is 11.4. The molecule has 1 heteroatoms. The van der Waals surface area contributed by atoms with Crippen LogP contribution in [0.15, 0.2) is 23.8 Å². The van der Waals surface area contributed by atoms with E-state index in [0.29, 0.717) is 5.71 Å². The molecule has 0 aromatic carbocycles. The maximum Gasteiger partial charge on any atom is 0.0340 e. The SMILES string of the molecule is C=C(C)C(=N)CC/C(C)=C/C. The minimum atomic E-state index is 0.672. The molecule has 0 fully saturated rings. The average molecular weight is 151 g/mol. The van der Waals surface area contributed by atoms with E-state index < -0.39 is 0 Å². The third kappa shape index (κ3) is 4.54. The van der Waals surface area contributed by atoms with Crippen molar-refractivity contribution in [2.45, 2.75) is 33.6 Å². The highest BCUT2D eigenvalue weighted by molar-refractivity contribution is 5.96. The van der Waals surface area contributed by atoms with E-state index in [1.165, 1.54) is 5.57 Å². The summed E-state index contributed by atoms with van der Waals surface area (Å²) >= 11 is 0. The van der Waals surface area contributed by atoms with Crippen LogP contribution in [0.25, 0.3) is 0 Å². The molecular formula is C10H17N. The van der Waals surface area contributed by atoms with Crippen LogP contribution in [0.5, 0.6) is 0 Å². The van der Waals surface area contributed by atoms with Crippen molar-refractivity contribution in [2.24, 2.45) is 0 Å². The molecule has 0 radical (unpaired) electrons. The van der Waals surface area contributed by atoms with Gasteiger partial charge in [0, 0.05) is 5.71 Å². The van der Waals surface area contributed by atoms with Gasteiger partial charge in [0.2, 0.25) is 0 Å². The number of hydrogen-bond acceptors (Lipinski definition) is 1. The molecule has 11 heavy (non-hydrogen) atoms. The van der Waals surface area contributed by atoms with Gasteiger partial charge in [-0.2, -0.15) is 0 Å². The highest BCUT2D eigenvalue weighted by Gasteiger charge is 1.96. The van der Waals surface area contributed by atoms with E-state index in [1.54, 1.807) is 0 Å². The summed E-state index contributed by atoms with van der Waals surface area (Å²) in [4.78, 5) is 0. The quantitative estimate of drug-likeness (QED) is 0.470. The molecule has 0 aliphatic carbocycles. The fourth-order valence-corrected chi connectivity index (χ4v) is 0.680. The van der Waals surface area contributed by atoms with Gasteiger partial charge in [-0.15, -0.1) is 0 Å². The van der Waals surface area contributed by atoms with Gasteiger partial charge in [-0.3, -0.25) is 0 Å². The second-order valence-electron chi connectivity index (χ2n) is 2.89. The molecule has 0 aliphatic heterocycles. The van der Waals surface area contributed by atoms with E-state index in [4.69, 9.17) is 5.41 Å². The first-order valence-electron chi connectivity index (χ1n) is 3.93. The molecule has 0 atom stereocenters. The molecule has 0 aromatic rings. The summed E-state index contributed by atoms with van der Waals surface area (Å²) in [6, 6.07) is 0. The van der Waals surface area contributed by atoms with Gasteiger partial charge in [0.25, 0.3) is 0 Å². The van der Waals surface area contributed by atoms with Crippen molar-refractivity contribution in [1.82, 2.24) is 0 Å². The molecule has 0 saturated heterocycles. The Labute approximate surface area is 69.3 Å². The Morgan fingerprint density at radius 2 is 1.91 bits per heavy atom. The van der Waals surface area contributed by atoms with Crippen LogP contribution < -0.4 is 0 Å². The minimum Gasteiger partial charge on any atom is -0.305 e. The monoisotopic (exact) mass is 151 g/mol. The lowest BCUT2D eigenvalue weighted by Gasteiger charge is -2.02. The van der Waals surface area contributed by atoms with Crippen LogP contribution in [-0.2, 0) is 0 Å². The summed E-state index contributed by atoms with van der Waals surface area (Å²) < 4.78 is 0. The van der Waals surface area contributed by atoms with Crippen LogP contribution >= 0.6 is 0 Å². The molecule has 0 saturated carbocycles. The lowest BCUT2D eigenvalue weighted by Crippen LogP contribution is -1.96. The molecule has 0 rings (SSSR count). The topological polar surface area (TPSA) is 23.9 Å². The first-order chi connectivity index (χ1) is 5.07. The van der Waals surface area contributed by atoms with Gasteiger partial charge < -0.3 is 5.41 Å². The Morgan fingerprint density at radius 3 is 2.27 bits per heavy atom. The Bertz CT molecular complexity index is 187. The van der Waals surface area contributed by atoms with E-state index >= 15 is 0 Å². The standard InChI is InChI=1S/C10H17N/c1-5-9(4)6-7-10(11)8(2)3/h5,11H,2,6-7H2,1,3-4H3/b9-5+,11-10?. The van der Waals surface area contributed by atoms with Crippen LogP contribution in [0.3, 0.4) is 0 Å². The number of allylic oxidation sites excluding steroid dienone is 3. The van der Waals surface area contributed by atoms with Gasteiger partial charge >= 0.3 is 0 Å². The van der Waals surface area contributed by atoms with Gasteiger partial charge in [0.1, 0.15) is 0 Å².